The lowest BCUT2D eigenvalue weighted by atomic mass is 9.96. The van der Waals surface area contributed by atoms with Gasteiger partial charge in [0, 0.05) is 13.1 Å². The second-order valence-electron chi connectivity index (χ2n) is 6.00. The molecule has 1 aromatic carbocycles. The number of benzene rings is 1. The summed E-state index contributed by atoms with van der Waals surface area (Å²) in [6.07, 6.45) is 4.90. The maximum atomic E-state index is 13.2. The molecule has 3 rings (SSSR count). The molecular formula is C17H25FIN3O. The lowest BCUT2D eigenvalue weighted by Crippen LogP contribution is -2.47. The highest BCUT2D eigenvalue weighted by Gasteiger charge is 2.41. The zero-order valence-corrected chi connectivity index (χ0v) is 15.8. The van der Waals surface area contributed by atoms with Crippen LogP contribution in [0.15, 0.2) is 29.3 Å². The maximum Gasteiger partial charge on any atom is 0.191 e. The first-order valence-electron chi connectivity index (χ1n) is 8.19. The molecule has 0 aromatic heterocycles. The predicted octanol–water partition coefficient (Wildman–Crippen LogP) is 2.86. The van der Waals surface area contributed by atoms with E-state index < -0.39 is 0 Å². The number of nitrogens with one attached hydrogen (secondary N) is 2. The molecular weight excluding hydrogens is 408 g/mol. The molecule has 0 saturated carbocycles. The third kappa shape index (κ3) is 5.04. The summed E-state index contributed by atoms with van der Waals surface area (Å²) in [5, 5.41) is 6.76. The largest absolute Gasteiger partial charge is 0.373 e. The smallest absolute Gasteiger partial charge is 0.191 e. The fourth-order valence-electron chi connectivity index (χ4n) is 3.27. The van der Waals surface area contributed by atoms with E-state index in [0.717, 1.165) is 37.3 Å². The minimum atomic E-state index is -0.189. The number of guanidine groups is 1. The zero-order chi connectivity index (χ0) is 15.4. The van der Waals surface area contributed by atoms with Gasteiger partial charge in [-0.1, -0.05) is 12.1 Å². The lowest BCUT2D eigenvalue weighted by Gasteiger charge is -2.22. The van der Waals surface area contributed by atoms with E-state index in [1.165, 1.54) is 12.5 Å². The summed E-state index contributed by atoms with van der Waals surface area (Å²) in [4.78, 5) is 4.60. The number of halogens is 2. The molecule has 3 atom stereocenters. The Hall–Kier alpha value is -0.890. The van der Waals surface area contributed by atoms with Gasteiger partial charge in [-0.3, -0.25) is 4.99 Å². The Labute approximate surface area is 154 Å². The fourth-order valence-corrected chi connectivity index (χ4v) is 3.27. The molecule has 2 fully saturated rings. The summed E-state index contributed by atoms with van der Waals surface area (Å²) in [5.74, 6) is 0.644. The Balaban J connectivity index is 0.00000192. The van der Waals surface area contributed by atoms with E-state index in [1.807, 2.05) is 6.07 Å². The highest BCUT2D eigenvalue weighted by molar-refractivity contribution is 14.0. The third-order valence-corrected chi connectivity index (χ3v) is 4.33. The predicted molar refractivity (Wildman–Crippen MR) is 101 cm³/mol. The van der Waals surface area contributed by atoms with Crippen LogP contribution >= 0.6 is 24.0 Å². The first-order chi connectivity index (χ1) is 10.7. The Morgan fingerprint density at radius 3 is 2.91 bits per heavy atom. The van der Waals surface area contributed by atoms with Crippen LogP contribution in [0.1, 0.15) is 31.7 Å². The van der Waals surface area contributed by atoms with Crippen molar-refractivity contribution in [2.24, 2.45) is 4.99 Å². The second-order valence-corrected chi connectivity index (χ2v) is 6.00. The first-order valence-corrected chi connectivity index (χ1v) is 8.19. The summed E-state index contributed by atoms with van der Waals surface area (Å²) in [6, 6.07) is 7.08. The SMILES string of the molecule is CCNC(=NCCc1cccc(F)c1)NC1CC2CCC1O2.I. The summed E-state index contributed by atoms with van der Waals surface area (Å²) in [6.45, 7) is 3.52. The van der Waals surface area contributed by atoms with Crippen molar-refractivity contribution in [3.8, 4) is 0 Å². The van der Waals surface area contributed by atoms with Crippen LogP contribution in [-0.4, -0.2) is 37.3 Å². The van der Waals surface area contributed by atoms with Gasteiger partial charge in [0.15, 0.2) is 5.96 Å². The summed E-state index contributed by atoms with van der Waals surface area (Å²) in [7, 11) is 0. The molecule has 23 heavy (non-hydrogen) atoms. The Morgan fingerprint density at radius 1 is 1.39 bits per heavy atom. The van der Waals surface area contributed by atoms with Crippen molar-refractivity contribution in [3.63, 3.8) is 0 Å². The standard InChI is InChI=1S/C17H24FN3O.HI/c1-2-19-17(21-15-11-14-6-7-16(15)22-14)20-9-8-12-4-3-5-13(18)10-12;/h3-5,10,14-16H,2,6-9,11H2,1H3,(H2,19,20,21);1H. The van der Waals surface area contributed by atoms with Crippen molar-refractivity contribution < 1.29 is 9.13 Å². The van der Waals surface area contributed by atoms with Gasteiger partial charge in [-0.25, -0.2) is 4.39 Å². The molecule has 2 N–H and O–H groups in total. The molecule has 0 radical (unpaired) electrons. The molecule has 2 heterocycles. The van der Waals surface area contributed by atoms with E-state index in [1.54, 1.807) is 12.1 Å². The Bertz CT molecular complexity index is 540. The normalized spacial score (nSPS) is 26.0. The van der Waals surface area contributed by atoms with E-state index in [2.05, 4.69) is 22.5 Å². The summed E-state index contributed by atoms with van der Waals surface area (Å²) in [5.41, 5.74) is 0.975. The second kappa shape index (κ2) is 8.82. The van der Waals surface area contributed by atoms with Crippen LogP contribution in [0.4, 0.5) is 4.39 Å². The number of aliphatic imine (C=N–C) groups is 1. The van der Waals surface area contributed by atoms with Crippen LogP contribution < -0.4 is 10.6 Å². The number of hydrogen-bond donors (Lipinski definition) is 2. The van der Waals surface area contributed by atoms with E-state index in [9.17, 15) is 4.39 Å². The van der Waals surface area contributed by atoms with Gasteiger partial charge < -0.3 is 15.4 Å². The summed E-state index contributed by atoms with van der Waals surface area (Å²) < 4.78 is 19.0. The molecule has 2 bridgehead atoms. The van der Waals surface area contributed by atoms with Crippen molar-refractivity contribution in [3.05, 3.63) is 35.6 Å². The summed E-state index contributed by atoms with van der Waals surface area (Å²) >= 11 is 0. The number of nitrogens with zero attached hydrogens (tertiary/aromatic N) is 1. The van der Waals surface area contributed by atoms with Crippen LogP contribution in [0.2, 0.25) is 0 Å². The Kier molecular flexibility index (Phi) is 7.08. The van der Waals surface area contributed by atoms with Crippen LogP contribution in [0.3, 0.4) is 0 Å². The minimum Gasteiger partial charge on any atom is -0.373 e. The lowest BCUT2D eigenvalue weighted by molar-refractivity contribution is 0.0992. The third-order valence-electron chi connectivity index (χ3n) is 4.33. The topological polar surface area (TPSA) is 45.7 Å². The van der Waals surface area contributed by atoms with Gasteiger partial charge in [0.1, 0.15) is 5.82 Å². The van der Waals surface area contributed by atoms with Crippen LogP contribution in [0, 0.1) is 5.82 Å². The van der Waals surface area contributed by atoms with Crippen LogP contribution in [0.5, 0.6) is 0 Å². The van der Waals surface area contributed by atoms with Gasteiger partial charge in [-0.15, -0.1) is 24.0 Å². The van der Waals surface area contributed by atoms with Crippen molar-refractivity contribution in [1.29, 1.82) is 0 Å². The molecule has 2 aliphatic heterocycles. The van der Waals surface area contributed by atoms with Gasteiger partial charge in [-0.05, 0) is 50.3 Å². The monoisotopic (exact) mass is 433 g/mol. The molecule has 0 aliphatic carbocycles. The number of hydrogen-bond acceptors (Lipinski definition) is 2. The van der Waals surface area contributed by atoms with Crippen molar-refractivity contribution in [1.82, 2.24) is 10.6 Å². The number of ether oxygens (including phenoxy) is 1. The molecule has 0 amide bonds. The molecule has 128 valence electrons. The number of rotatable bonds is 5. The molecule has 1 aromatic rings. The van der Waals surface area contributed by atoms with Crippen molar-refractivity contribution in [2.45, 2.75) is 50.9 Å². The maximum absolute atomic E-state index is 13.2. The average Bonchev–Trinajstić information content (AvgIpc) is 3.10. The molecule has 0 spiro atoms. The Morgan fingerprint density at radius 2 is 2.26 bits per heavy atom. The van der Waals surface area contributed by atoms with Gasteiger partial charge in [0.05, 0.1) is 18.2 Å². The first kappa shape index (κ1) is 18.4. The highest BCUT2D eigenvalue weighted by Crippen LogP contribution is 2.34. The van der Waals surface area contributed by atoms with Gasteiger partial charge in [-0.2, -0.15) is 0 Å². The van der Waals surface area contributed by atoms with E-state index in [4.69, 9.17) is 4.74 Å². The van der Waals surface area contributed by atoms with Crippen molar-refractivity contribution >= 4 is 29.9 Å². The van der Waals surface area contributed by atoms with Crippen LogP contribution in [-0.2, 0) is 11.2 Å². The molecule has 4 nitrogen and oxygen atoms in total. The van der Waals surface area contributed by atoms with E-state index in [-0.39, 0.29) is 29.8 Å². The van der Waals surface area contributed by atoms with Crippen LogP contribution in [0.25, 0.3) is 0 Å². The zero-order valence-electron chi connectivity index (χ0n) is 13.4. The van der Waals surface area contributed by atoms with Gasteiger partial charge in [0.25, 0.3) is 0 Å². The molecule has 2 saturated heterocycles. The van der Waals surface area contributed by atoms with E-state index >= 15 is 0 Å². The van der Waals surface area contributed by atoms with Gasteiger partial charge in [0.2, 0.25) is 0 Å². The fraction of sp³-hybridized carbons (Fsp3) is 0.588. The van der Waals surface area contributed by atoms with Gasteiger partial charge >= 0.3 is 0 Å². The average molecular weight is 433 g/mol. The number of fused-ring (bicyclic) bond motifs is 2. The van der Waals surface area contributed by atoms with E-state index in [0.29, 0.717) is 24.8 Å². The molecule has 6 heteroatoms. The molecule has 3 unspecified atom stereocenters. The van der Waals surface area contributed by atoms with Crippen molar-refractivity contribution in [2.75, 3.05) is 13.1 Å². The molecule has 2 aliphatic rings. The minimum absolute atomic E-state index is 0. The highest BCUT2D eigenvalue weighted by atomic mass is 127. The quantitative estimate of drug-likeness (QED) is 0.427.